The lowest BCUT2D eigenvalue weighted by Crippen LogP contribution is -2.30. The standard InChI is InChI=1S/C20H22FN3OS/c1-15-18(22-20(25-15)19-4-2-13-26-19)14-23-9-3-10-24(12-11-23)17-7-5-16(21)6-8-17/h2,4-8,13H,3,9-12,14H2,1H3. The van der Waals surface area contributed by atoms with Crippen LogP contribution in [0.15, 0.2) is 46.2 Å². The lowest BCUT2D eigenvalue weighted by molar-refractivity contribution is 0.281. The van der Waals surface area contributed by atoms with Crippen LogP contribution in [0, 0.1) is 12.7 Å². The van der Waals surface area contributed by atoms with Crippen molar-refractivity contribution in [3.8, 4) is 10.8 Å². The molecule has 0 radical (unpaired) electrons. The van der Waals surface area contributed by atoms with E-state index in [0.29, 0.717) is 0 Å². The first-order valence-electron chi connectivity index (χ1n) is 8.92. The van der Waals surface area contributed by atoms with Crippen molar-refractivity contribution in [1.82, 2.24) is 9.88 Å². The molecule has 1 aliphatic rings. The highest BCUT2D eigenvalue weighted by Crippen LogP contribution is 2.26. The highest BCUT2D eigenvalue weighted by molar-refractivity contribution is 7.13. The summed E-state index contributed by atoms with van der Waals surface area (Å²) in [7, 11) is 0. The first-order chi connectivity index (χ1) is 12.7. The maximum Gasteiger partial charge on any atom is 0.236 e. The van der Waals surface area contributed by atoms with E-state index in [1.807, 2.05) is 36.6 Å². The van der Waals surface area contributed by atoms with Gasteiger partial charge in [0.05, 0.1) is 10.6 Å². The third kappa shape index (κ3) is 3.81. The minimum atomic E-state index is -0.187. The van der Waals surface area contributed by atoms with Crippen LogP contribution in [0.4, 0.5) is 10.1 Å². The number of aromatic nitrogens is 1. The number of hydrogen-bond acceptors (Lipinski definition) is 5. The Labute approximate surface area is 156 Å². The van der Waals surface area contributed by atoms with Gasteiger partial charge in [0, 0.05) is 38.4 Å². The monoisotopic (exact) mass is 371 g/mol. The van der Waals surface area contributed by atoms with Gasteiger partial charge < -0.3 is 9.32 Å². The SMILES string of the molecule is Cc1oc(-c2cccs2)nc1CN1CCCN(c2ccc(F)cc2)CC1. The first-order valence-corrected chi connectivity index (χ1v) is 9.80. The molecule has 0 atom stereocenters. The Morgan fingerprint density at radius 3 is 2.73 bits per heavy atom. The first kappa shape index (κ1) is 17.2. The third-order valence-corrected chi connectivity index (χ3v) is 5.64. The van der Waals surface area contributed by atoms with Crippen molar-refractivity contribution in [2.45, 2.75) is 19.9 Å². The topological polar surface area (TPSA) is 32.5 Å². The van der Waals surface area contributed by atoms with Gasteiger partial charge >= 0.3 is 0 Å². The van der Waals surface area contributed by atoms with E-state index in [1.165, 1.54) is 12.1 Å². The molecule has 0 saturated carbocycles. The second-order valence-electron chi connectivity index (χ2n) is 6.59. The molecule has 136 valence electrons. The summed E-state index contributed by atoms with van der Waals surface area (Å²) in [4.78, 5) is 10.5. The maximum absolute atomic E-state index is 13.1. The van der Waals surface area contributed by atoms with E-state index in [1.54, 1.807) is 11.3 Å². The molecule has 4 rings (SSSR count). The zero-order chi connectivity index (χ0) is 17.9. The van der Waals surface area contributed by atoms with Crippen LogP contribution < -0.4 is 4.90 Å². The van der Waals surface area contributed by atoms with Crippen LogP contribution in [0.5, 0.6) is 0 Å². The van der Waals surface area contributed by atoms with Gasteiger partial charge in [0.1, 0.15) is 11.6 Å². The predicted octanol–water partition coefficient (Wildman–Crippen LogP) is 4.56. The van der Waals surface area contributed by atoms with Crippen LogP contribution in [-0.2, 0) is 6.54 Å². The molecule has 0 bridgehead atoms. The molecule has 6 heteroatoms. The Hall–Kier alpha value is -2.18. The Kier molecular flexibility index (Phi) is 5.04. The van der Waals surface area contributed by atoms with Crippen LogP contribution in [0.25, 0.3) is 10.8 Å². The van der Waals surface area contributed by atoms with Crippen molar-refractivity contribution in [2.24, 2.45) is 0 Å². The maximum atomic E-state index is 13.1. The number of oxazole rings is 1. The second-order valence-corrected chi connectivity index (χ2v) is 7.54. The minimum absolute atomic E-state index is 0.187. The average Bonchev–Trinajstić information content (AvgIpc) is 3.22. The largest absolute Gasteiger partial charge is 0.440 e. The second kappa shape index (κ2) is 7.60. The normalized spacial score (nSPS) is 16.0. The summed E-state index contributed by atoms with van der Waals surface area (Å²) in [6, 6.07) is 10.8. The van der Waals surface area contributed by atoms with Crippen molar-refractivity contribution in [3.05, 3.63) is 59.0 Å². The lowest BCUT2D eigenvalue weighted by Gasteiger charge is -2.23. The molecule has 1 saturated heterocycles. The van der Waals surface area contributed by atoms with Gasteiger partial charge in [-0.2, -0.15) is 0 Å². The van der Waals surface area contributed by atoms with Gasteiger partial charge in [-0.1, -0.05) is 6.07 Å². The summed E-state index contributed by atoms with van der Waals surface area (Å²) in [5, 5.41) is 2.04. The van der Waals surface area contributed by atoms with Crippen LogP contribution in [0.2, 0.25) is 0 Å². The molecule has 1 aliphatic heterocycles. The van der Waals surface area contributed by atoms with E-state index >= 15 is 0 Å². The molecule has 0 aliphatic carbocycles. The summed E-state index contributed by atoms with van der Waals surface area (Å²) in [6.45, 7) is 6.69. The fourth-order valence-corrected chi connectivity index (χ4v) is 3.98. The molecular formula is C20H22FN3OS. The summed E-state index contributed by atoms with van der Waals surface area (Å²) in [5.74, 6) is 1.43. The third-order valence-electron chi connectivity index (χ3n) is 4.78. The quantitative estimate of drug-likeness (QED) is 0.673. The Balaban J connectivity index is 1.41. The molecule has 3 heterocycles. The van der Waals surface area contributed by atoms with Gasteiger partial charge in [0.15, 0.2) is 0 Å². The Morgan fingerprint density at radius 2 is 1.96 bits per heavy atom. The van der Waals surface area contributed by atoms with Crippen LogP contribution in [-0.4, -0.2) is 36.1 Å². The van der Waals surface area contributed by atoms with Crippen molar-refractivity contribution in [3.63, 3.8) is 0 Å². The van der Waals surface area contributed by atoms with Crippen molar-refractivity contribution < 1.29 is 8.81 Å². The van der Waals surface area contributed by atoms with Crippen molar-refractivity contribution in [1.29, 1.82) is 0 Å². The number of rotatable bonds is 4. The van der Waals surface area contributed by atoms with Gasteiger partial charge in [0.25, 0.3) is 0 Å². The fraction of sp³-hybridized carbons (Fsp3) is 0.350. The summed E-state index contributed by atoms with van der Waals surface area (Å²) < 4.78 is 19.0. The Morgan fingerprint density at radius 1 is 1.12 bits per heavy atom. The molecule has 0 amide bonds. The predicted molar refractivity (Wildman–Crippen MR) is 103 cm³/mol. The lowest BCUT2D eigenvalue weighted by atomic mass is 10.2. The zero-order valence-corrected chi connectivity index (χ0v) is 15.6. The van der Waals surface area contributed by atoms with Gasteiger partial charge in [-0.25, -0.2) is 9.37 Å². The fourth-order valence-electron chi connectivity index (χ4n) is 3.33. The number of benzene rings is 1. The van der Waals surface area contributed by atoms with Crippen LogP contribution >= 0.6 is 11.3 Å². The highest BCUT2D eigenvalue weighted by atomic mass is 32.1. The van der Waals surface area contributed by atoms with E-state index in [2.05, 4.69) is 9.80 Å². The number of halogens is 1. The molecular weight excluding hydrogens is 349 g/mol. The number of anilines is 1. The molecule has 26 heavy (non-hydrogen) atoms. The van der Waals surface area contributed by atoms with Crippen molar-refractivity contribution >= 4 is 17.0 Å². The molecule has 0 spiro atoms. The highest BCUT2D eigenvalue weighted by Gasteiger charge is 2.19. The molecule has 1 aromatic carbocycles. The van der Waals surface area contributed by atoms with E-state index in [-0.39, 0.29) is 5.82 Å². The minimum Gasteiger partial charge on any atom is -0.440 e. The number of hydrogen-bond donors (Lipinski definition) is 0. The number of nitrogens with zero attached hydrogens (tertiary/aromatic N) is 3. The molecule has 2 aromatic heterocycles. The van der Waals surface area contributed by atoms with E-state index < -0.39 is 0 Å². The van der Waals surface area contributed by atoms with Gasteiger partial charge in [0.2, 0.25) is 5.89 Å². The van der Waals surface area contributed by atoms with E-state index in [0.717, 1.165) is 67.1 Å². The van der Waals surface area contributed by atoms with Crippen molar-refractivity contribution in [2.75, 3.05) is 31.1 Å². The van der Waals surface area contributed by atoms with Gasteiger partial charge in [-0.15, -0.1) is 11.3 Å². The molecule has 0 N–H and O–H groups in total. The summed E-state index contributed by atoms with van der Waals surface area (Å²) >= 11 is 1.64. The van der Waals surface area contributed by atoms with Gasteiger partial charge in [-0.05, 0) is 49.1 Å². The smallest absolute Gasteiger partial charge is 0.236 e. The summed E-state index contributed by atoms with van der Waals surface area (Å²) in [6.07, 6.45) is 1.08. The van der Waals surface area contributed by atoms with E-state index in [4.69, 9.17) is 9.40 Å². The van der Waals surface area contributed by atoms with Gasteiger partial charge in [-0.3, -0.25) is 4.90 Å². The summed E-state index contributed by atoms with van der Waals surface area (Å²) in [5.41, 5.74) is 2.11. The van der Waals surface area contributed by atoms with Crippen LogP contribution in [0.3, 0.4) is 0 Å². The number of aryl methyl sites for hydroxylation is 1. The van der Waals surface area contributed by atoms with E-state index in [9.17, 15) is 4.39 Å². The zero-order valence-electron chi connectivity index (χ0n) is 14.8. The molecule has 0 unspecified atom stereocenters. The molecule has 1 fully saturated rings. The molecule has 4 nitrogen and oxygen atoms in total. The number of thiophene rings is 1. The Bertz CT molecular complexity index is 845. The molecule has 3 aromatic rings. The van der Waals surface area contributed by atoms with Crippen LogP contribution in [0.1, 0.15) is 17.9 Å². The average molecular weight is 371 g/mol.